The first-order chi connectivity index (χ1) is 8.81. The molecule has 3 N–H and O–H groups in total. The molecule has 18 heavy (non-hydrogen) atoms. The maximum atomic E-state index is 11.9. The Morgan fingerprint density at radius 1 is 1.50 bits per heavy atom. The molecule has 0 aliphatic carbocycles. The SMILES string of the molecule is N#CC1CSCN1CCN[NH+]([O-])C1CCNCC1. The van der Waals surface area contributed by atoms with Gasteiger partial charge in [-0.3, -0.25) is 10.1 Å². The van der Waals surface area contributed by atoms with Crippen molar-refractivity contribution < 1.29 is 5.17 Å². The van der Waals surface area contributed by atoms with Crippen LogP contribution >= 0.6 is 11.8 Å². The van der Waals surface area contributed by atoms with Gasteiger partial charge in [0.15, 0.2) is 0 Å². The van der Waals surface area contributed by atoms with Gasteiger partial charge in [0.1, 0.15) is 12.1 Å². The largest absolute Gasteiger partial charge is 0.613 e. The fraction of sp³-hybridized carbons (Fsp3) is 0.909. The maximum absolute atomic E-state index is 11.9. The minimum atomic E-state index is 0.0192. The lowest BCUT2D eigenvalue weighted by atomic mass is 10.1. The Bertz CT molecular complexity index is 292. The number of rotatable bonds is 5. The van der Waals surface area contributed by atoms with Gasteiger partial charge in [-0.2, -0.15) is 10.7 Å². The summed E-state index contributed by atoms with van der Waals surface area (Å²) in [7, 11) is 0. The van der Waals surface area contributed by atoms with E-state index in [1.54, 1.807) is 11.8 Å². The third kappa shape index (κ3) is 3.82. The van der Waals surface area contributed by atoms with Gasteiger partial charge in [-0.05, 0) is 0 Å². The second-order valence-electron chi connectivity index (χ2n) is 4.77. The van der Waals surface area contributed by atoms with Crippen molar-refractivity contribution in [3.8, 4) is 6.07 Å². The summed E-state index contributed by atoms with van der Waals surface area (Å²) < 4.78 is 0. The summed E-state index contributed by atoms with van der Waals surface area (Å²) in [6.45, 7) is 3.32. The van der Waals surface area contributed by atoms with E-state index >= 15 is 0 Å². The van der Waals surface area contributed by atoms with E-state index in [0.717, 1.165) is 44.1 Å². The third-order valence-electron chi connectivity index (χ3n) is 3.53. The first-order valence-electron chi connectivity index (χ1n) is 6.51. The molecule has 0 radical (unpaired) electrons. The Balaban J connectivity index is 1.64. The Morgan fingerprint density at radius 3 is 3.00 bits per heavy atom. The molecule has 2 rings (SSSR count). The Kier molecular flexibility index (Phi) is 5.69. The van der Waals surface area contributed by atoms with Crippen LogP contribution in [0, 0.1) is 16.5 Å². The van der Waals surface area contributed by atoms with Crippen LogP contribution in [0.4, 0.5) is 0 Å². The number of hydroxylamine groups is 1. The molecule has 0 spiro atoms. The quantitative estimate of drug-likeness (QED) is 0.530. The number of piperidine rings is 1. The lowest BCUT2D eigenvalue weighted by Gasteiger charge is -2.34. The van der Waals surface area contributed by atoms with Crippen molar-refractivity contribution in [2.75, 3.05) is 37.8 Å². The second-order valence-corrected chi connectivity index (χ2v) is 5.77. The van der Waals surface area contributed by atoms with E-state index in [1.807, 2.05) is 0 Å². The summed E-state index contributed by atoms with van der Waals surface area (Å²) in [4.78, 5) is 2.13. The smallest absolute Gasteiger partial charge is 0.108 e. The van der Waals surface area contributed by atoms with Crippen molar-refractivity contribution in [3.63, 3.8) is 0 Å². The molecule has 2 fully saturated rings. The minimum Gasteiger partial charge on any atom is -0.613 e. The number of nitriles is 1. The van der Waals surface area contributed by atoms with Crippen molar-refractivity contribution in [1.29, 1.82) is 5.26 Å². The molecular weight excluding hydrogens is 250 g/mol. The summed E-state index contributed by atoms with van der Waals surface area (Å²) in [5, 5.41) is 24.3. The third-order valence-corrected chi connectivity index (χ3v) is 4.60. The second kappa shape index (κ2) is 7.28. The van der Waals surface area contributed by atoms with Crippen molar-refractivity contribution in [1.82, 2.24) is 15.6 Å². The normalized spacial score (nSPS) is 28.1. The fourth-order valence-electron chi connectivity index (χ4n) is 2.37. The maximum Gasteiger partial charge on any atom is 0.108 e. The van der Waals surface area contributed by atoms with Crippen LogP contribution in [0.1, 0.15) is 12.8 Å². The summed E-state index contributed by atoms with van der Waals surface area (Å²) in [5.74, 6) is 1.79. The first kappa shape index (κ1) is 14.1. The van der Waals surface area contributed by atoms with Gasteiger partial charge < -0.3 is 10.5 Å². The summed E-state index contributed by atoms with van der Waals surface area (Å²) in [6.07, 6.45) is 1.87. The highest BCUT2D eigenvalue weighted by Gasteiger charge is 2.24. The molecule has 6 nitrogen and oxygen atoms in total. The van der Waals surface area contributed by atoms with Gasteiger partial charge in [-0.25, -0.2) is 0 Å². The van der Waals surface area contributed by atoms with Crippen LogP contribution in [0.2, 0.25) is 0 Å². The summed E-state index contributed by atoms with van der Waals surface area (Å²) >= 11 is 1.78. The minimum absolute atomic E-state index is 0.0192. The molecule has 2 aliphatic heterocycles. The van der Waals surface area contributed by atoms with Crippen LogP contribution in [0.3, 0.4) is 0 Å². The predicted molar refractivity (Wildman–Crippen MR) is 71.7 cm³/mol. The van der Waals surface area contributed by atoms with Gasteiger partial charge in [0.2, 0.25) is 0 Å². The number of hydrogen-bond acceptors (Lipinski definition) is 6. The highest BCUT2D eigenvalue weighted by Crippen LogP contribution is 2.18. The topological polar surface area (TPSA) is 78.6 Å². The van der Waals surface area contributed by atoms with Crippen LogP contribution in [-0.4, -0.2) is 54.8 Å². The zero-order valence-corrected chi connectivity index (χ0v) is 11.3. The summed E-state index contributed by atoms with van der Waals surface area (Å²) in [6, 6.07) is 2.49. The number of nitrogens with one attached hydrogen (secondary N) is 3. The fourth-order valence-corrected chi connectivity index (χ4v) is 3.53. The first-order valence-corrected chi connectivity index (χ1v) is 7.66. The lowest BCUT2D eigenvalue weighted by molar-refractivity contribution is -0.922. The zero-order chi connectivity index (χ0) is 12.8. The van der Waals surface area contributed by atoms with Gasteiger partial charge in [0.05, 0.1) is 12.6 Å². The van der Waals surface area contributed by atoms with Crippen molar-refractivity contribution in [2.45, 2.75) is 24.9 Å². The average molecular weight is 271 g/mol. The zero-order valence-electron chi connectivity index (χ0n) is 10.5. The molecule has 2 saturated heterocycles. The molecule has 0 bridgehead atoms. The number of hydrogen-bond donors (Lipinski definition) is 3. The van der Waals surface area contributed by atoms with E-state index in [-0.39, 0.29) is 17.3 Å². The molecule has 0 aromatic rings. The average Bonchev–Trinajstić information content (AvgIpc) is 2.87. The van der Waals surface area contributed by atoms with Gasteiger partial charge in [0, 0.05) is 44.1 Å². The molecule has 0 saturated carbocycles. The Morgan fingerprint density at radius 2 is 2.28 bits per heavy atom. The van der Waals surface area contributed by atoms with E-state index in [1.165, 1.54) is 0 Å². The van der Waals surface area contributed by atoms with E-state index in [4.69, 9.17) is 5.26 Å². The predicted octanol–water partition coefficient (Wildman–Crippen LogP) is -1.48. The highest BCUT2D eigenvalue weighted by molar-refractivity contribution is 7.99. The Labute approximate surface area is 112 Å². The van der Waals surface area contributed by atoms with Crippen LogP contribution in [-0.2, 0) is 0 Å². The van der Waals surface area contributed by atoms with Crippen molar-refractivity contribution >= 4 is 11.8 Å². The van der Waals surface area contributed by atoms with Crippen molar-refractivity contribution in [2.24, 2.45) is 0 Å². The molecule has 102 valence electrons. The molecular formula is C11H21N5OS. The van der Waals surface area contributed by atoms with Crippen molar-refractivity contribution in [3.05, 3.63) is 5.21 Å². The molecule has 2 atom stereocenters. The number of quaternary nitrogens is 1. The monoisotopic (exact) mass is 271 g/mol. The number of thioether (sulfide) groups is 1. The Hall–Kier alpha value is -0.360. The molecule has 0 amide bonds. The molecule has 7 heteroatoms. The molecule has 0 aromatic carbocycles. The highest BCUT2D eigenvalue weighted by atomic mass is 32.2. The van der Waals surface area contributed by atoms with E-state index in [9.17, 15) is 5.21 Å². The standard InChI is InChI=1S/C11H21N5OS/c12-7-11-8-18-9-15(11)6-5-14-16(17)10-1-3-13-4-2-10/h10-11,13-14,16H,1-6,8-9H2. The van der Waals surface area contributed by atoms with E-state index < -0.39 is 0 Å². The lowest BCUT2D eigenvalue weighted by Crippen LogP contribution is -3.18. The summed E-state index contributed by atoms with van der Waals surface area (Å²) in [5.41, 5.74) is 3.00. The van der Waals surface area contributed by atoms with Gasteiger partial charge in [-0.15, -0.1) is 11.8 Å². The van der Waals surface area contributed by atoms with Crippen LogP contribution in [0.15, 0.2) is 0 Å². The van der Waals surface area contributed by atoms with Gasteiger partial charge in [0.25, 0.3) is 0 Å². The van der Waals surface area contributed by atoms with E-state index in [0.29, 0.717) is 6.54 Å². The van der Waals surface area contributed by atoms with Crippen LogP contribution in [0.5, 0.6) is 0 Å². The molecule has 2 aliphatic rings. The molecule has 2 heterocycles. The number of nitrogens with zero attached hydrogens (tertiary/aromatic N) is 2. The molecule has 2 unspecified atom stereocenters. The van der Waals surface area contributed by atoms with Crippen LogP contribution < -0.4 is 15.9 Å². The van der Waals surface area contributed by atoms with Crippen LogP contribution in [0.25, 0.3) is 0 Å². The van der Waals surface area contributed by atoms with E-state index in [2.05, 4.69) is 21.7 Å². The van der Waals surface area contributed by atoms with Gasteiger partial charge in [-0.1, -0.05) is 0 Å². The van der Waals surface area contributed by atoms with Gasteiger partial charge >= 0.3 is 0 Å². The molecule has 0 aromatic heterocycles.